The first kappa shape index (κ1) is 19.0. The summed E-state index contributed by atoms with van der Waals surface area (Å²) in [5, 5.41) is 0.597. The molecule has 1 aliphatic rings. The Morgan fingerprint density at radius 3 is 2.38 bits per heavy atom. The summed E-state index contributed by atoms with van der Waals surface area (Å²) in [7, 11) is -3.73. The molecule has 1 atom stereocenters. The highest BCUT2D eigenvalue weighted by Crippen LogP contribution is 2.32. The van der Waals surface area contributed by atoms with E-state index in [-0.39, 0.29) is 11.6 Å². The predicted octanol–water partition coefficient (Wildman–Crippen LogP) is 3.74. The standard InChI is InChI=1S/C18H18Cl2N2O3S/c1-12(18(23)21-8-7-13-5-3-4-6-17(13)21)22(26(2,24)25)16-10-14(19)9-15(20)11-16/h3-6,9-12H,7-8H2,1-2H3/t12-/m0/s1. The number of hydrogen-bond acceptors (Lipinski definition) is 3. The van der Waals surface area contributed by atoms with Gasteiger partial charge in [0.1, 0.15) is 6.04 Å². The number of benzene rings is 2. The fourth-order valence-corrected chi connectivity index (χ4v) is 4.93. The third-order valence-electron chi connectivity index (χ3n) is 4.32. The van der Waals surface area contributed by atoms with E-state index in [4.69, 9.17) is 23.2 Å². The van der Waals surface area contributed by atoms with E-state index in [1.807, 2.05) is 24.3 Å². The van der Waals surface area contributed by atoms with Crippen LogP contribution in [-0.2, 0) is 21.2 Å². The molecule has 2 aromatic rings. The highest BCUT2D eigenvalue weighted by Gasteiger charge is 2.35. The Kier molecular flexibility index (Phi) is 5.19. The zero-order valence-electron chi connectivity index (χ0n) is 14.3. The van der Waals surface area contributed by atoms with Crippen LogP contribution < -0.4 is 9.21 Å². The van der Waals surface area contributed by atoms with Gasteiger partial charge in [-0.25, -0.2) is 8.42 Å². The van der Waals surface area contributed by atoms with E-state index in [1.54, 1.807) is 11.8 Å². The summed E-state index contributed by atoms with van der Waals surface area (Å²) in [5.74, 6) is -0.295. The van der Waals surface area contributed by atoms with Crippen molar-refractivity contribution in [2.45, 2.75) is 19.4 Å². The molecule has 5 nitrogen and oxygen atoms in total. The topological polar surface area (TPSA) is 57.7 Å². The summed E-state index contributed by atoms with van der Waals surface area (Å²) in [4.78, 5) is 14.7. The first-order chi connectivity index (χ1) is 12.2. The molecule has 0 bridgehead atoms. The molecule has 1 amide bonds. The van der Waals surface area contributed by atoms with Crippen LogP contribution in [0.3, 0.4) is 0 Å². The van der Waals surface area contributed by atoms with Crippen LogP contribution in [0.25, 0.3) is 0 Å². The third-order valence-corrected chi connectivity index (χ3v) is 6.00. The second-order valence-electron chi connectivity index (χ2n) is 6.23. The first-order valence-corrected chi connectivity index (χ1v) is 10.6. The summed E-state index contributed by atoms with van der Waals surface area (Å²) < 4.78 is 25.9. The first-order valence-electron chi connectivity index (χ1n) is 8.03. The lowest BCUT2D eigenvalue weighted by molar-refractivity contribution is -0.119. The van der Waals surface area contributed by atoms with E-state index in [9.17, 15) is 13.2 Å². The van der Waals surface area contributed by atoms with Gasteiger partial charge >= 0.3 is 0 Å². The van der Waals surface area contributed by atoms with E-state index < -0.39 is 16.1 Å². The minimum atomic E-state index is -3.73. The van der Waals surface area contributed by atoms with Crippen molar-refractivity contribution in [3.63, 3.8) is 0 Å². The van der Waals surface area contributed by atoms with E-state index in [0.29, 0.717) is 16.6 Å². The van der Waals surface area contributed by atoms with Gasteiger partial charge in [-0.15, -0.1) is 0 Å². The number of sulfonamides is 1. The van der Waals surface area contributed by atoms with Crippen molar-refractivity contribution in [2.24, 2.45) is 0 Å². The molecule has 0 N–H and O–H groups in total. The molecular formula is C18H18Cl2N2O3S. The molecule has 1 aliphatic heterocycles. The van der Waals surface area contributed by atoms with Crippen molar-refractivity contribution in [3.05, 3.63) is 58.1 Å². The van der Waals surface area contributed by atoms with E-state index in [0.717, 1.165) is 28.2 Å². The van der Waals surface area contributed by atoms with Gasteiger partial charge in [-0.3, -0.25) is 9.10 Å². The predicted molar refractivity (Wildman–Crippen MR) is 106 cm³/mol. The summed E-state index contributed by atoms with van der Waals surface area (Å²) in [6.45, 7) is 2.09. The van der Waals surface area contributed by atoms with Crippen LogP contribution in [0, 0.1) is 0 Å². The number of carbonyl (C=O) groups excluding carboxylic acids is 1. The second-order valence-corrected chi connectivity index (χ2v) is 8.96. The zero-order chi connectivity index (χ0) is 19.1. The highest BCUT2D eigenvalue weighted by atomic mass is 35.5. The minimum absolute atomic E-state index is 0.262. The molecule has 0 aliphatic carbocycles. The molecule has 0 saturated heterocycles. The van der Waals surface area contributed by atoms with Gasteiger partial charge in [0.15, 0.2) is 0 Å². The maximum Gasteiger partial charge on any atom is 0.250 e. The van der Waals surface area contributed by atoms with Gasteiger partial charge < -0.3 is 4.90 Å². The van der Waals surface area contributed by atoms with Crippen LogP contribution in [-0.4, -0.2) is 33.2 Å². The molecule has 8 heteroatoms. The molecule has 0 fully saturated rings. The number of hydrogen-bond donors (Lipinski definition) is 0. The molecule has 0 aromatic heterocycles. The van der Waals surface area contributed by atoms with Crippen molar-refractivity contribution < 1.29 is 13.2 Å². The average molecular weight is 413 g/mol. The van der Waals surface area contributed by atoms with Gasteiger partial charge in [-0.1, -0.05) is 41.4 Å². The minimum Gasteiger partial charge on any atom is -0.310 e. The third kappa shape index (κ3) is 3.68. The Balaban J connectivity index is 1.99. The Morgan fingerprint density at radius 1 is 1.15 bits per heavy atom. The maximum absolute atomic E-state index is 13.1. The number of nitrogens with zero attached hydrogens (tertiary/aromatic N) is 2. The smallest absolute Gasteiger partial charge is 0.250 e. The quantitative estimate of drug-likeness (QED) is 0.768. The van der Waals surface area contributed by atoms with Crippen LogP contribution in [0.5, 0.6) is 0 Å². The van der Waals surface area contributed by atoms with E-state index in [2.05, 4.69) is 0 Å². The van der Waals surface area contributed by atoms with Crippen molar-refractivity contribution in [1.29, 1.82) is 0 Å². The van der Waals surface area contributed by atoms with Crippen LogP contribution in [0.4, 0.5) is 11.4 Å². The molecule has 26 heavy (non-hydrogen) atoms. The van der Waals surface area contributed by atoms with Crippen LogP contribution in [0.1, 0.15) is 12.5 Å². The molecule has 0 radical (unpaired) electrons. The highest BCUT2D eigenvalue weighted by molar-refractivity contribution is 7.92. The Bertz CT molecular complexity index is 942. The SMILES string of the molecule is C[C@@H](C(=O)N1CCc2ccccc21)N(c1cc(Cl)cc(Cl)c1)S(C)(=O)=O. The maximum atomic E-state index is 13.1. The van der Waals surface area contributed by atoms with Gasteiger partial charge in [0.2, 0.25) is 10.0 Å². The van der Waals surface area contributed by atoms with Crippen molar-refractivity contribution in [1.82, 2.24) is 0 Å². The van der Waals surface area contributed by atoms with E-state index >= 15 is 0 Å². The normalized spacial score (nSPS) is 14.8. The van der Waals surface area contributed by atoms with Crippen molar-refractivity contribution in [3.8, 4) is 0 Å². The molecule has 3 rings (SSSR count). The Morgan fingerprint density at radius 2 is 1.77 bits per heavy atom. The number of amides is 1. The molecular weight excluding hydrogens is 395 g/mol. The summed E-state index contributed by atoms with van der Waals surface area (Å²) in [6, 6.07) is 11.2. The van der Waals surface area contributed by atoms with Gasteiger partial charge in [0, 0.05) is 22.3 Å². The zero-order valence-corrected chi connectivity index (χ0v) is 16.6. The molecule has 0 unspecified atom stereocenters. The summed E-state index contributed by atoms with van der Waals surface area (Å²) in [6.07, 6.45) is 1.81. The second kappa shape index (κ2) is 7.10. The number of para-hydroxylation sites is 1. The van der Waals surface area contributed by atoms with Crippen molar-refractivity contribution >= 4 is 50.5 Å². The van der Waals surface area contributed by atoms with Gasteiger partial charge in [-0.05, 0) is 43.2 Å². The Labute approximate surface area is 163 Å². The number of fused-ring (bicyclic) bond motifs is 1. The summed E-state index contributed by atoms with van der Waals surface area (Å²) >= 11 is 12.0. The lowest BCUT2D eigenvalue weighted by Crippen LogP contribution is -2.49. The number of carbonyl (C=O) groups is 1. The van der Waals surface area contributed by atoms with Gasteiger partial charge in [-0.2, -0.15) is 0 Å². The number of anilines is 2. The van der Waals surface area contributed by atoms with Crippen molar-refractivity contribution in [2.75, 3.05) is 22.0 Å². The molecule has 2 aromatic carbocycles. The van der Waals surface area contributed by atoms with Gasteiger partial charge in [0.25, 0.3) is 5.91 Å². The fourth-order valence-electron chi connectivity index (χ4n) is 3.26. The Hall–Kier alpha value is -1.76. The molecule has 0 saturated carbocycles. The lowest BCUT2D eigenvalue weighted by atomic mass is 10.2. The summed E-state index contributed by atoms with van der Waals surface area (Å²) in [5.41, 5.74) is 2.16. The molecule has 1 heterocycles. The molecule has 138 valence electrons. The monoisotopic (exact) mass is 412 g/mol. The van der Waals surface area contributed by atoms with Crippen LogP contribution in [0.2, 0.25) is 10.0 Å². The lowest BCUT2D eigenvalue weighted by Gasteiger charge is -2.31. The average Bonchev–Trinajstić information content (AvgIpc) is 2.96. The fraction of sp³-hybridized carbons (Fsp3) is 0.278. The van der Waals surface area contributed by atoms with E-state index in [1.165, 1.54) is 18.2 Å². The largest absolute Gasteiger partial charge is 0.310 e. The van der Waals surface area contributed by atoms with Crippen LogP contribution in [0.15, 0.2) is 42.5 Å². The number of rotatable bonds is 4. The van der Waals surface area contributed by atoms with Gasteiger partial charge in [0.05, 0.1) is 11.9 Å². The van der Waals surface area contributed by atoms with Crippen LogP contribution >= 0.6 is 23.2 Å². The number of halogens is 2. The molecule has 0 spiro atoms.